The van der Waals surface area contributed by atoms with Crippen molar-refractivity contribution in [1.82, 2.24) is 5.32 Å². The Morgan fingerprint density at radius 1 is 1.26 bits per heavy atom. The lowest BCUT2D eigenvalue weighted by Crippen LogP contribution is -2.34. The molecule has 106 valence electrons. The molecular weight excluding hydrogens is 232 g/mol. The maximum absolute atomic E-state index is 3.41. The molecule has 1 aromatic rings. The van der Waals surface area contributed by atoms with Gasteiger partial charge in [-0.15, -0.1) is 0 Å². The van der Waals surface area contributed by atoms with Gasteiger partial charge in [-0.2, -0.15) is 0 Å². The number of nitrogens with one attached hydrogen (secondary N) is 1. The summed E-state index contributed by atoms with van der Waals surface area (Å²) in [6.07, 6.45) is 3.93. The normalized spacial score (nSPS) is 23.1. The predicted molar refractivity (Wildman–Crippen MR) is 83.8 cm³/mol. The Morgan fingerprint density at radius 2 is 2.05 bits per heavy atom. The molecule has 1 aliphatic rings. The monoisotopic (exact) mass is 260 g/mol. The van der Waals surface area contributed by atoms with Crippen LogP contribution in [0.3, 0.4) is 0 Å². The maximum Gasteiger partial charge on any atom is 0.0373 e. The van der Waals surface area contributed by atoms with Gasteiger partial charge in [0, 0.05) is 24.3 Å². The topological polar surface area (TPSA) is 15.3 Å². The van der Waals surface area contributed by atoms with E-state index in [-0.39, 0.29) is 0 Å². The summed E-state index contributed by atoms with van der Waals surface area (Å²) in [6.45, 7) is 11.1. The summed E-state index contributed by atoms with van der Waals surface area (Å²) in [5.41, 5.74) is 4.24. The molecule has 2 heteroatoms. The molecule has 1 N–H and O–H groups in total. The second-order valence-electron chi connectivity index (χ2n) is 5.79. The third-order valence-corrected chi connectivity index (χ3v) is 4.45. The summed E-state index contributed by atoms with van der Waals surface area (Å²) >= 11 is 0. The first-order valence-corrected chi connectivity index (χ1v) is 7.76. The van der Waals surface area contributed by atoms with Gasteiger partial charge in [-0.05, 0) is 62.9 Å². The Kier molecular flexibility index (Phi) is 4.87. The Labute approximate surface area is 118 Å². The molecule has 1 fully saturated rings. The summed E-state index contributed by atoms with van der Waals surface area (Å²) in [5, 5.41) is 3.41. The van der Waals surface area contributed by atoms with Gasteiger partial charge in [-0.3, -0.25) is 0 Å². The van der Waals surface area contributed by atoms with Crippen molar-refractivity contribution >= 4 is 5.69 Å². The van der Waals surface area contributed by atoms with Gasteiger partial charge in [0.1, 0.15) is 0 Å². The van der Waals surface area contributed by atoms with Crippen LogP contribution in [0.1, 0.15) is 51.2 Å². The van der Waals surface area contributed by atoms with Crippen LogP contribution in [0.2, 0.25) is 0 Å². The number of nitrogens with zero attached hydrogens (tertiary/aromatic N) is 1. The van der Waals surface area contributed by atoms with Gasteiger partial charge in [0.2, 0.25) is 0 Å². The van der Waals surface area contributed by atoms with Gasteiger partial charge < -0.3 is 10.2 Å². The molecule has 0 aliphatic carbocycles. The van der Waals surface area contributed by atoms with E-state index in [2.05, 4.69) is 56.1 Å². The third kappa shape index (κ3) is 3.11. The summed E-state index contributed by atoms with van der Waals surface area (Å²) < 4.78 is 0. The van der Waals surface area contributed by atoms with E-state index in [1.165, 1.54) is 36.1 Å². The summed E-state index contributed by atoms with van der Waals surface area (Å²) in [5.74, 6) is 0. The Morgan fingerprint density at radius 3 is 2.68 bits per heavy atom. The zero-order valence-corrected chi connectivity index (χ0v) is 12.9. The van der Waals surface area contributed by atoms with Crippen LogP contribution in [0, 0.1) is 6.92 Å². The lowest BCUT2D eigenvalue weighted by molar-refractivity contribution is 0.627. The van der Waals surface area contributed by atoms with Crippen molar-refractivity contribution in [3.63, 3.8) is 0 Å². The molecule has 0 amide bonds. The molecule has 2 unspecified atom stereocenters. The molecule has 0 spiro atoms. The van der Waals surface area contributed by atoms with Gasteiger partial charge in [0.05, 0.1) is 0 Å². The highest BCUT2D eigenvalue weighted by atomic mass is 15.2. The molecule has 2 rings (SSSR count). The van der Waals surface area contributed by atoms with E-state index < -0.39 is 0 Å². The number of aryl methyl sites for hydroxylation is 1. The first-order chi connectivity index (χ1) is 9.17. The molecule has 19 heavy (non-hydrogen) atoms. The van der Waals surface area contributed by atoms with E-state index >= 15 is 0 Å². The molecule has 0 radical (unpaired) electrons. The van der Waals surface area contributed by atoms with E-state index in [0.717, 1.165) is 19.1 Å². The van der Waals surface area contributed by atoms with Gasteiger partial charge >= 0.3 is 0 Å². The molecule has 0 saturated carbocycles. The SMILES string of the molecule is CCNCc1ccc(N2C(C)CCC2CC)cc1C. The zero-order chi connectivity index (χ0) is 13.8. The van der Waals surface area contributed by atoms with Crippen molar-refractivity contribution in [3.05, 3.63) is 29.3 Å². The van der Waals surface area contributed by atoms with Crippen molar-refractivity contribution in [2.45, 2.75) is 65.6 Å². The van der Waals surface area contributed by atoms with Gasteiger partial charge in [-0.1, -0.05) is 19.9 Å². The standard InChI is InChI=1S/C17H28N2/c1-5-16-9-7-14(4)19(16)17-10-8-15(12-18-6-2)13(3)11-17/h8,10-11,14,16,18H,5-7,9,12H2,1-4H3. The second kappa shape index (κ2) is 6.42. The van der Waals surface area contributed by atoms with Gasteiger partial charge in [0.25, 0.3) is 0 Å². The number of benzene rings is 1. The largest absolute Gasteiger partial charge is 0.366 e. The van der Waals surface area contributed by atoms with E-state index in [9.17, 15) is 0 Å². The van der Waals surface area contributed by atoms with Crippen molar-refractivity contribution in [2.75, 3.05) is 11.4 Å². The van der Waals surface area contributed by atoms with E-state index in [0.29, 0.717) is 6.04 Å². The molecule has 1 saturated heterocycles. The minimum Gasteiger partial charge on any atom is -0.366 e. The maximum atomic E-state index is 3.41. The van der Waals surface area contributed by atoms with Gasteiger partial charge in [-0.25, -0.2) is 0 Å². The molecule has 0 bridgehead atoms. The third-order valence-electron chi connectivity index (χ3n) is 4.45. The zero-order valence-electron chi connectivity index (χ0n) is 12.9. The van der Waals surface area contributed by atoms with Crippen LogP contribution in [0.5, 0.6) is 0 Å². The van der Waals surface area contributed by atoms with Crippen LogP contribution in [0.25, 0.3) is 0 Å². The van der Waals surface area contributed by atoms with E-state index in [1.807, 2.05) is 0 Å². The lowest BCUT2D eigenvalue weighted by atomic mass is 10.1. The van der Waals surface area contributed by atoms with Crippen LogP contribution in [0.4, 0.5) is 5.69 Å². The average Bonchev–Trinajstić information content (AvgIpc) is 2.78. The number of rotatable bonds is 5. The number of hydrogen-bond donors (Lipinski definition) is 1. The van der Waals surface area contributed by atoms with Crippen LogP contribution >= 0.6 is 0 Å². The second-order valence-corrected chi connectivity index (χ2v) is 5.79. The Bertz CT molecular complexity index is 414. The Balaban J connectivity index is 2.18. The fourth-order valence-corrected chi connectivity index (χ4v) is 3.24. The van der Waals surface area contributed by atoms with Crippen LogP contribution < -0.4 is 10.2 Å². The van der Waals surface area contributed by atoms with Crippen molar-refractivity contribution in [3.8, 4) is 0 Å². The quantitative estimate of drug-likeness (QED) is 0.864. The van der Waals surface area contributed by atoms with Gasteiger partial charge in [0.15, 0.2) is 0 Å². The molecule has 0 aromatic heterocycles. The first kappa shape index (κ1) is 14.4. The smallest absolute Gasteiger partial charge is 0.0373 e. The molecular formula is C17H28N2. The minimum absolute atomic E-state index is 0.684. The molecule has 1 heterocycles. The molecule has 1 aliphatic heterocycles. The van der Waals surface area contributed by atoms with Crippen molar-refractivity contribution < 1.29 is 0 Å². The highest BCUT2D eigenvalue weighted by Crippen LogP contribution is 2.32. The fourth-order valence-electron chi connectivity index (χ4n) is 3.24. The average molecular weight is 260 g/mol. The van der Waals surface area contributed by atoms with E-state index in [1.54, 1.807) is 0 Å². The van der Waals surface area contributed by atoms with E-state index in [4.69, 9.17) is 0 Å². The first-order valence-electron chi connectivity index (χ1n) is 7.76. The molecule has 2 nitrogen and oxygen atoms in total. The highest BCUT2D eigenvalue weighted by Gasteiger charge is 2.29. The fraction of sp³-hybridized carbons (Fsp3) is 0.647. The van der Waals surface area contributed by atoms with Crippen LogP contribution in [0.15, 0.2) is 18.2 Å². The van der Waals surface area contributed by atoms with Crippen LogP contribution in [-0.4, -0.2) is 18.6 Å². The number of anilines is 1. The summed E-state index contributed by atoms with van der Waals surface area (Å²) in [7, 11) is 0. The lowest BCUT2D eigenvalue weighted by Gasteiger charge is -2.31. The molecule has 2 atom stereocenters. The van der Waals surface area contributed by atoms with Crippen molar-refractivity contribution in [1.29, 1.82) is 0 Å². The summed E-state index contributed by atoms with van der Waals surface area (Å²) in [4.78, 5) is 2.63. The van der Waals surface area contributed by atoms with Crippen LogP contribution in [-0.2, 0) is 6.54 Å². The predicted octanol–water partition coefficient (Wildman–Crippen LogP) is 3.87. The molecule has 1 aromatic carbocycles. The number of hydrogen-bond acceptors (Lipinski definition) is 2. The Hall–Kier alpha value is -1.02. The van der Waals surface area contributed by atoms with Crippen molar-refractivity contribution in [2.24, 2.45) is 0 Å². The minimum atomic E-state index is 0.684. The highest BCUT2D eigenvalue weighted by molar-refractivity contribution is 5.53. The summed E-state index contributed by atoms with van der Waals surface area (Å²) in [6, 6.07) is 8.39.